The number of benzene rings is 2. The molecule has 0 bridgehead atoms. The van der Waals surface area contributed by atoms with Crippen molar-refractivity contribution in [2.75, 3.05) is 0 Å². The fraction of sp³-hybridized carbons (Fsp3) is 0.125. The Morgan fingerprint density at radius 3 is 2.11 bits per heavy atom. The summed E-state index contributed by atoms with van der Waals surface area (Å²) in [6.45, 7) is 7.57. The van der Waals surface area contributed by atoms with E-state index in [1.165, 1.54) is 0 Å². The summed E-state index contributed by atoms with van der Waals surface area (Å²) >= 11 is 0. The number of hydrogen-bond acceptors (Lipinski definition) is 2. The van der Waals surface area contributed by atoms with Gasteiger partial charge in [-0.05, 0) is 37.1 Å². The van der Waals surface area contributed by atoms with Crippen LogP contribution in [0.2, 0.25) is 0 Å². The van der Waals surface area contributed by atoms with Gasteiger partial charge in [0, 0.05) is 0 Å². The molecule has 0 N–H and O–H groups in total. The van der Waals surface area contributed by atoms with Crippen LogP contribution in [0.3, 0.4) is 0 Å². The lowest BCUT2D eigenvalue weighted by atomic mass is 10.1. The summed E-state index contributed by atoms with van der Waals surface area (Å²) in [5.41, 5.74) is 2.60. The largest absolute Gasteiger partial charge is 0.219 e. The van der Waals surface area contributed by atoms with Crippen LogP contribution in [0.4, 0.5) is 0 Å². The molecule has 2 aromatic rings. The van der Waals surface area contributed by atoms with Crippen LogP contribution in [0.15, 0.2) is 60.0 Å². The minimum absolute atomic E-state index is 0.148. The second-order valence-electron chi connectivity index (χ2n) is 4.55. The van der Waals surface area contributed by atoms with Gasteiger partial charge in [-0.3, -0.25) is 0 Å². The lowest BCUT2D eigenvalue weighted by Crippen LogP contribution is -2.04. The summed E-state index contributed by atoms with van der Waals surface area (Å²) in [5, 5.41) is 0. The Balaban J connectivity index is 2.49. The first kappa shape index (κ1) is 13.6. The second-order valence-corrected chi connectivity index (χ2v) is 6.53. The molecule has 0 aromatic heterocycles. The quantitative estimate of drug-likeness (QED) is 0.852. The lowest BCUT2D eigenvalue weighted by molar-refractivity contribution is 0.606. The van der Waals surface area contributed by atoms with Gasteiger partial charge in [-0.25, -0.2) is 8.42 Å². The van der Waals surface area contributed by atoms with E-state index >= 15 is 0 Å². The molecule has 0 saturated carbocycles. The smallest absolute Gasteiger partial charge is 0.206 e. The molecule has 0 spiro atoms. The first-order valence-corrected chi connectivity index (χ1v) is 7.48. The minimum atomic E-state index is -3.53. The monoisotopic (exact) mass is 272 g/mol. The molecule has 0 amide bonds. The lowest BCUT2D eigenvalue weighted by Gasteiger charge is -2.10. The first-order valence-electron chi connectivity index (χ1n) is 5.99. The molecule has 0 aliphatic carbocycles. The van der Waals surface area contributed by atoms with Crippen LogP contribution in [-0.4, -0.2) is 8.42 Å². The van der Waals surface area contributed by atoms with Crippen LogP contribution in [0.5, 0.6) is 0 Å². The second kappa shape index (κ2) is 5.02. The average molecular weight is 272 g/mol. The highest BCUT2D eigenvalue weighted by atomic mass is 32.2. The third kappa shape index (κ3) is 2.61. The zero-order chi connectivity index (χ0) is 14.0. The van der Waals surface area contributed by atoms with Gasteiger partial charge in [0.15, 0.2) is 0 Å². The molecule has 2 aromatic carbocycles. The van der Waals surface area contributed by atoms with Gasteiger partial charge in [0.25, 0.3) is 0 Å². The molecule has 98 valence electrons. The molecule has 3 heteroatoms. The highest BCUT2D eigenvalue weighted by molar-refractivity contribution is 8.00. The van der Waals surface area contributed by atoms with E-state index in [0.717, 1.165) is 11.1 Å². The Morgan fingerprint density at radius 1 is 0.947 bits per heavy atom. The molecular formula is C16H16O2S. The van der Waals surface area contributed by atoms with Crippen LogP contribution in [0.1, 0.15) is 16.7 Å². The van der Waals surface area contributed by atoms with Gasteiger partial charge in [0.2, 0.25) is 9.84 Å². The van der Waals surface area contributed by atoms with E-state index in [1.54, 1.807) is 30.3 Å². The Hall–Kier alpha value is -1.87. The van der Waals surface area contributed by atoms with Crippen molar-refractivity contribution in [3.8, 4) is 0 Å². The van der Waals surface area contributed by atoms with E-state index in [-0.39, 0.29) is 9.80 Å². The van der Waals surface area contributed by atoms with Gasteiger partial charge in [-0.15, -0.1) is 0 Å². The molecule has 0 radical (unpaired) electrons. The molecule has 2 nitrogen and oxygen atoms in total. The molecule has 2 rings (SSSR count). The number of aryl methyl sites for hydroxylation is 2. The fourth-order valence-electron chi connectivity index (χ4n) is 1.89. The molecule has 19 heavy (non-hydrogen) atoms. The van der Waals surface area contributed by atoms with Crippen molar-refractivity contribution in [2.24, 2.45) is 0 Å². The maximum absolute atomic E-state index is 12.5. The van der Waals surface area contributed by atoms with Gasteiger partial charge in [0.1, 0.15) is 0 Å². The van der Waals surface area contributed by atoms with Crippen LogP contribution in [-0.2, 0) is 9.84 Å². The van der Waals surface area contributed by atoms with Crippen molar-refractivity contribution >= 4 is 14.7 Å². The Labute approximate surface area is 114 Å². The third-order valence-corrected chi connectivity index (χ3v) is 4.86. The van der Waals surface area contributed by atoms with E-state index < -0.39 is 9.84 Å². The average Bonchev–Trinajstić information content (AvgIpc) is 2.39. The topological polar surface area (TPSA) is 34.1 Å². The van der Waals surface area contributed by atoms with E-state index in [9.17, 15) is 8.42 Å². The molecule has 0 fully saturated rings. The molecular weight excluding hydrogens is 256 g/mol. The highest BCUT2D eigenvalue weighted by Gasteiger charge is 2.21. The summed E-state index contributed by atoms with van der Waals surface area (Å²) in [4.78, 5) is 0.431. The molecule has 0 aliphatic heterocycles. The molecule has 0 atom stereocenters. The standard InChI is InChI=1S/C16H16O2S/c1-12-8-10-15(11-9-12)19(17,18)14(3)16-7-5-4-6-13(16)2/h4-11H,3H2,1-2H3. The first-order chi connectivity index (χ1) is 8.93. The maximum atomic E-state index is 12.5. The van der Waals surface area contributed by atoms with Gasteiger partial charge in [-0.2, -0.15) is 0 Å². The van der Waals surface area contributed by atoms with E-state index in [4.69, 9.17) is 0 Å². The van der Waals surface area contributed by atoms with Gasteiger partial charge >= 0.3 is 0 Å². The molecule has 0 heterocycles. The van der Waals surface area contributed by atoms with Crippen molar-refractivity contribution in [1.29, 1.82) is 0 Å². The predicted molar refractivity (Wildman–Crippen MR) is 78.6 cm³/mol. The van der Waals surface area contributed by atoms with Crippen molar-refractivity contribution < 1.29 is 8.42 Å². The van der Waals surface area contributed by atoms with Gasteiger partial charge in [0.05, 0.1) is 9.80 Å². The number of rotatable bonds is 3. The van der Waals surface area contributed by atoms with E-state index in [2.05, 4.69) is 6.58 Å². The summed E-state index contributed by atoms with van der Waals surface area (Å²) < 4.78 is 25.0. The fourth-order valence-corrected chi connectivity index (χ4v) is 3.19. The van der Waals surface area contributed by atoms with E-state index in [0.29, 0.717) is 5.56 Å². The van der Waals surface area contributed by atoms with Crippen LogP contribution in [0.25, 0.3) is 4.91 Å². The SMILES string of the molecule is C=C(c1ccccc1C)S(=O)(=O)c1ccc(C)cc1. The Kier molecular flexibility index (Phi) is 3.58. The van der Waals surface area contributed by atoms with Crippen molar-refractivity contribution in [3.63, 3.8) is 0 Å². The molecule has 0 unspecified atom stereocenters. The molecule has 0 aliphatic rings. The zero-order valence-corrected chi connectivity index (χ0v) is 11.9. The zero-order valence-electron chi connectivity index (χ0n) is 11.1. The van der Waals surface area contributed by atoms with Crippen LogP contribution in [0, 0.1) is 13.8 Å². The van der Waals surface area contributed by atoms with Crippen molar-refractivity contribution in [3.05, 3.63) is 71.8 Å². The number of sulfone groups is 1. The van der Waals surface area contributed by atoms with Crippen LogP contribution >= 0.6 is 0 Å². The normalized spacial score (nSPS) is 11.3. The van der Waals surface area contributed by atoms with E-state index in [1.807, 2.05) is 32.0 Å². The Bertz CT molecular complexity index is 711. The third-order valence-electron chi connectivity index (χ3n) is 3.10. The van der Waals surface area contributed by atoms with Crippen LogP contribution < -0.4 is 0 Å². The Morgan fingerprint density at radius 2 is 1.53 bits per heavy atom. The summed E-state index contributed by atoms with van der Waals surface area (Å²) in [5.74, 6) is 0. The van der Waals surface area contributed by atoms with Gasteiger partial charge < -0.3 is 0 Å². The van der Waals surface area contributed by atoms with Crippen molar-refractivity contribution in [1.82, 2.24) is 0 Å². The summed E-state index contributed by atoms with van der Waals surface area (Å²) in [7, 11) is -3.53. The summed E-state index contributed by atoms with van der Waals surface area (Å²) in [6, 6.07) is 14.2. The number of hydrogen-bond donors (Lipinski definition) is 0. The maximum Gasteiger partial charge on any atom is 0.206 e. The minimum Gasteiger partial charge on any atom is -0.219 e. The molecule has 0 saturated heterocycles. The summed E-state index contributed by atoms with van der Waals surface area (Å²) in [6.07, 6.45) is 0. The van der Waals surface area contributed by atoms with Gasteiger partial charge in [-0.1, -0.05) is 48.5 Å². The predicted octanol–water partition coefficient (Wildman–Crippen LogP) is 3.75. The van der Waals surface area contributed by atoms with Crippen molar-refractivity contribution in [2.45, 2.75) is 18.7 Å². The highest BCUT2D eigenvalue weighted by Crippen LogP contribution is 2.28.